The molecule has 0 radical (unpaired) electrons. The van der Waals surface area contributed by atoms with Gasteiger partial charge < -0.3 is 9.47 Å². The van der Waals surface area contributed by atoms with Crippen molar-refractivity contribution >= 4 is 17.3 Å². The minimum Gasteiger partial charge on any atom is -0.494 e. The molecule has 19 heavy (non-hydrogen) atoms. The lowest BCUT2D eigenvalue weighted by Gasteiger charge is -2.10. The van der Waals surface area contributed by atoms with Crippen molar-refractivity contribution in [2.45, 2.75) is 31.8 Å². The average Bonchev–Trinajstić information content (AvgIpc) is 2.87. The lowest BCUT2D eigenvalue weighted by atomic mass is 10.1. The van der Waals surface area contributed by atoms with Gasteiger partial charge in [-0.2, -0.15) is 0 Å². The Labute approximate surface area is 116 Å². The van der Waals surface area contributed by atoms with Gasteiger partial charge in [0, 0.05) is 18.7 Å². The predicted octanol–water partition coefficient (Wildman–Crippen LogP) is 3.59. The van der Waals surface area contributed by atoms with E-state index in [1.165, 1.54) is 12.1 Å². The standard InChI is InChI=1S/C13H16ClNO4/c14-12-9-11(5-6-13(12)15(16)17)19-8-2-4-10-3-1-7-18-10/h5-6,9-10H,1-4,7-8H2. The highest BCUT2D eigenvalue weighted by atomic mass is 35.5. The first-order valence-electron chi connectivity index (χ1n) is 6.35. The quantitative estimate of drug-likeness (QED) is 0.455. The lowest BCUT2D eigenvalue weighted by molar-refractivity contribution is -0.384. The van der Waals surface area contributed by atoms with Gasteiger partial charge >= 0.3 is 0 Å². The van der Waals surface area contributed by atoms with Crippen LogP contribution in [-0.4, -0.2) is 24.2 Å². The molecule has 104 valence electrons. The number of hydrogen-bond acceptors (Lipinski definition) is 4. The molecular weight excluding hydrogens is 270 g/mol. The van der Waals surface area contributed by atoms with Crippen LogP contribution in [0, 0.1) is 10.1 Å². The molecule has 1 aromatic rings. The van der Waals surface area contributed by atoms with Crippen LogP contribution < -0.4 is 4.74 Å². The van der Waals surface area contributed by atoms with E-state index in [1.54, 1.807) is 6.07 Å². The molecular formula is C13H16ClNO4. The minimum atomic E-state index is -0.510. The summed E-state index contributed by atoms with van der Waals surface area (Å²) in [4.78, 5) is 10.1. The summed E-state index contributed by atoms with van der Waals surface area (Å²) in [7, 11) is 0. The van der Waals surface area contributed by atoms with E-state index in [0.29, 0.717) is 18.5 Å². The second kappa shape index (κ2) is 6.73. The van der Waals surface area contributed by atoms with Gasteiger partial charge in [-0.1, -0.05) is 11.6 Å². The second-order valence-corrected chi connectivity index (χ2v) is 4.90. The molecule has 0 aromatic heterocycles. The zero-order valence-corrected chi connectivity index (χ0v) is 11.3. The molecule has 0 amide bonds. The van der Waals surface area contributed by atoms with E-state index in [9.17, 15) is 10.1 Å². The van der Waals surface area contributed by atoms with E-state index >= 15 is 0 Å². The van der Waals surface area contributed by atoms with Crippen LogP contribution in [0.15, 0.2) is 18.2 Å². The summed E-state index contributed by atoms with van der Waals surface area (Å²) in [5.74, 6) is 0.558. The summed E-state index contributed by atoms with van der Waals surface area (Å²) >= 11 is 5.80. The molecule has 2 rings (SSSR count). The largest absolute Gasteiger partial charge is 0.494 e. The van der Waals surface area contributed by atoms with Gasteiger partial charge in [-0.15, -0.1) is 0 Å². The van der Waals surface area contributed by atoms with Gasteiger partial charge in [0.05, 0.1) is 17.6 Å². The molecule has 1 heterocycles. The molecule has 0 bridgehead atoms. The van der Waals surface area contributed by atoms with Crippen molar-refractivity contribution in [3.05, 3.63) is 33.3 Å². The van der Waals surface area contributed by atoms with E-state index < -0.39 is 4.92 Å². The second-order valence-electron chi connectivity index (χ2n) is 4.50. The van der Waals surface area contributed by atoms with Crippen LogP contribution in [0.4, 0.5) is 5.69 Å². The van der Waals surface area contributed by atoms with Crippen molar-refractivity contribution in [1.29, 1.82) is 0 Å². The monoisotopic (exact) mass is 285 g/mol. The van der Waals surface area contributed by atoms with Crippen molar-refractivity contribution in [3.8, 4) is 5.75 Å². The van der Waals surface area contributed by atoms with Crippen molar-refractivity contribution in [3.63, 3.8) is 0 Å². The third-order valence-electron chi connectivity index (χ3n) is 3.08. The van der Waals surface area contributed by atoms with E-state index in [2.05, 4.69) is 0 Å². The molecule has 0 saturated carbocycles. The summed E-state index contributed by atoms with van der Waals surface area (Å²) in [6.07, 6.45) is 4.52. The average molecular weight is 286 g/mol. The fourth-order valence-corrected chi connectivity index (χ4v) is 2.34. The number of rotatable bonds is 6. The zero-order chi connectivity index (χ0) is 13.7. The molecule has 0 aliphatic carbocycles. The number of nitrogens with zero attached hydrogens (tertiary/aromatic N) is 1. The van der Waals surface area contributed by atoms with Crippen molar-refractivity contribution in [2.75, 3.05) is 13.2 Å². The normalized spacial score (nSPS) is 18.5. The first-order valence-corrected chi connectivity index (χ1v) is 6.73. The smallest absolute Gasteiger partial charge is 0.288 e. The van der Waals surface area contributed by atoms with Crippen LogP contribution in [0.5, 0.6) is 5.75 Å². The molecule has 1 aliphatic rings. The Balaban J connectivity index is 1.76. The Kier molecular flexibility index (Phi) is 4.99. The first kappa shape index (κ1) is 14.1. The SMILES string of the molecule is O=[N+]([O-])c1ccc(OCCCC2CCCO2)cc1Cl. The Morgan fingerprint density at radius 1 is 1.53 bits per heavy atom. The number of hydrogen-bond donors (Lipinski definition) is 0. The Bertz CT molecular complexity index is 446. The zero-order valence-electron chi connectivity index (χ0n) is 10.5. The molecule has 0 N–H and O–H groups in total. The van der Waals surface area contributed by atoms with Crippen molar-refractivity contribution in [2.24, 2.45) is 0 Å². The maximum Gasteiger partial charge on any atom is 0.288 e. The predicted molar refractivity (Wildman–Crippen MR) is 71.8 cm³/mol. The summed E-state index contributed by atoms with van der Waals surface area (Å²) in [6.45, 7) is 1.43. The maximum atomic E-state index is 10.6. The maximum absolute atomic E-state index is 10.6. The molecule has 1 fully saturated rings. The minimum absolute atomic E-state index is 0.0987. The number of benzene rings is 1. The fourth-order valence-electron chi connectivity index (χ4n) is 2.10. The Morgan fingerprint density at radius 2 is 2.37 bits per heavy atom. The highest BCUT2D eigenvalue weighted by Gasteiger charge is 2.15. The molecule has 1 atom stereocenters. The molecule has 5 nitrogen and oxygen atoms in total. The number of ether oxygens (including phenoxy) is 2. The summed E-state index contributed by atoms with van der Waals surface area (Å²) < 4.78 is 11.0. The highest BCUT2D eigenvalue weighted by molar-refractivity contribution is 6.32. The van der Waals surface area contributed by atoms with Crippen LogP contribution in [-0.2, 0) is 4.74 Å². The Morgan fingerprint density at radius 3 is 3.00 bits per heavy atom. The van der Waals surface area contributed by atoms with Gasteiger partial charge in [-0.05, 0) is 31.7 Å². The number of halogens is 1. The van der Waals surface area contributed by atoms with Crippen LogP contribution in [0.1, 0.15) is 25.7 Å². The number of nitro groups is 1. The van der Waals surface area contributed by atoms with E-state index in [1.807, 2.05) is 0 Å². The first-order chi connectivity index (χ1) is 9.16. The van der Waals surface area contributed by atoms with E-state index in [0.717, 1.165) is 32.3 Å². The van der Waals surface area contributed by atoms with E-state index in [-0.39, 0.29) is 10.7 Å². The van der Waals surface area contributed by atoms with Crippen molar-refractivity contribution in [1.82, 2.24) is 0 Å². The van der Waals surface area contributed by atoms with Crippen molar-refractivity contribution < 1.29 is 14.4 Å². The highest BCUT2D eigenvalue weighted by Crippen LogP contribution is 2.28. The summed E-state index contributed by atoms with van der Waals surface area (Å²) in [5.41, 5.74) is -0.103. The van der Waals surface area contributed by atoms with Gasteiger partial charge in [0.2, 0.25) is 0 Å². The molecule has 1 unspecified atom stereocenters. The lowest BCUT2D eigenvalue weighted by Crippen LogP contribution is -2.07. The van der Waals surface area contributed by atoms with Crippen LogP contribution in [0.2, 0.25) is 5.02 Å². The van der Waals surface area contributed by atoms with Crippen LogP contribution in [0.3, 0.4) is 0 Å². The van der Waals surface area contributed by atoms with Gasteiger partial charge in [-0.25, -0.2) is 0 Å². The Hall–Kier alpha value is -1.33. The molecule has 1 saturated heterocycles. The van der Waals surface area contributed by atoms with E-state index in [4.69, 9.17) is 21.1 Å². The fraction of sp³-hybridized carbons (Fsp3) is 0.538. The van der Waals surface area contributed by atoms with Crippen LogP contribution in [0.25, 0.3) is 0 Å². The third-order valence-corrected chi connectivity index (χ3v) is 3.38. The number of nitro benzene ring substituents is 1. The third kappa shape index (κ3) is 4.08. The van der Waals surface area contributed by atoms with Gasteiger partial charge in [0.15, 0.2) is 0 Å². The summed E-state index contributed by atoms with van der Waals surface area (Å²) in [5, 5.41) is 10.7. The van der Waals surface area contributed by atoms with Crippen LogP contribution >= 0.6 is 11.6 Å². The van der Waals surface area contributed by atoms with Gasteiger partial charge in [-0.3, -0.25) is 10.1 Å². The molecule has 1 aromatic carbocycles. The molecule has 1 aliphatic heterocycles. The van der Waals surface area contributed by atoms with Gasteiger partial charge in [0.25, 0.3) is 5.69 Å². The molecule has 6 heteroatoms. The summed E-state index contributed by atoms with van der Waals surface area (Å²) in [6, 6.07) is 4.40. The van der Waals surface area contributed by atoms with Gasteiger partial charge in [0.1, 0.15) is 10.8 Å². The topological polar surface area (TPSA) is 61.6 Å². The molecule has 0 spiro atoms.